The van der Waals surface area contributed by atoms with Crippen LogP contribution in [0.3, 0.4) is 0 Å². The Balaban J connectivity index is 1.37. The largest absolute Gasteiger partial charge is 0.493 e. The molecule has 0 spiro atoms. The molecule has 0 saturated heterocycles. The fourth-order valence-electron chi connectivity index (χ4n) is 5.54. The van der Waals surface area contributed by atoms with E-state index in [9.17, 15) is 4.79 Å². The number of aromatic nitrogens is 3. The van der Waals surface area contributed by atoms with Crippen molar-refractivity contribution in [1.29, 1.82) is 0 Å². The first kappa shape index (κ1) is 31.3. The first-order valence-electron chi connectivity index (χ1n) is 13.8. The molecule has 44 heavy (non-hydrogen) atoms. The summed E-state index contributed by atoms with van der Waals surface area (Å²) < 4.78 is 14.4. The summed E-state index contributed by atoms with van der Waals surface area (Å²) in [6.45, 7) is 4.42. The number of thioether (sulfide) groups is 1. The van der Waals surface area contributed by atoms with Crippen LogP contribution in [-0.2, 0) is 17.2 Å². The Morgan fingerprint density at radius 3 is 2.61 bits per heavy atom. The number of ketones is 1. The number of anilines is 1. The molecule has 2 heterocycles. The number of fused-ring (bicyclic) bond motifs is 1. The number of carbonyl (C=O) groups excluding carboxylic acids is 1. The number of nitrogens with one attached hydrogen (secondary N) is 1. The third kappa shape index (κ3) is 6.35. The van der Waals surface area contributed by atoms with E-state index in [4.69, 9.17) is 54.4 Å². The van der Waals surface area contributed by atoms with Crippen molar-refractivity contribution in [2.45, 2.75) is 50.2 Å². The van der Waals surface area contributed by atoms with Crippen LogP contribution in [0.25, 0.3) is 0 Å². The second-order valence-corrected chi connectivity index (χ2v) is 14.5. The molecule has 1 unspecified atom stereocenters. The summed E-state index contributed by atoms with van der Waals surface area (Å²) in [4.78, 5) is 18.6. The highest BCUT2D eigenvalue weighted by atomic mass is 79.9. The van der Waals surface area contributed by atoms with Gasteiger partial charge in [-0.15, -0.1) is 5.10 Å². The van der Waals surface area contributed by atoms with Crippen LogP contribution in [0.5, 0.6) is 11.5 Å². The van der Waals surface area contributed by atoms with Gasteiger partial charge in [0.05, 0.1) is 11.6 Å². The van der Waals surface area contributed by atoms with Gasteiger partial charge < -0.3 is 14.8 Å². The molecule has 1 atom stereocenters. The lowest BCUT2D eigenvalue weighted by atomic mass is 9.73. The van der Waals surface area contributed by atoms with Crippen LogP contribution in [-0.4, -0.2) is 27.7 Å². The zero-order chi connectivity index (χ0) is 31.2. The smallest absolute Gasteiger partial charge is 0.227 e. The SMILES string of the molecule is COc1cc(C2C3=C(CC(C)(C)CC3=O)Nc3nc(SCc4ccccc4Cl)nn32)cc(Br)c1OCc1ccc(Cl)cc1Cl. The number of ether oxygens (including phenoxy) is 2. The normalized spacial score (nSPS) is 17.2. The molecule has 0 amide bonds. The van der Waals surface area contributed by atoms with Gasteiger partial charge in [0.15, 0.2) is 17.3 Å². The van der Waals surface area contributed by atoms with Gasteiger partial charge in [-0.3, -0.25) is 4.79 Å². The molecule has 7 nitrogen and oxygen atoms in total. The number of halogens is 4. The molecule has 0 radical (unpaired) electrons. The van der Waals surface area contributed by atoms with Crippen molar-refractivity contribution in [3.8, 4) is 11.5 Å². The van der Waals surface area contributed by atoms with E-state index >= 15 is 0 Å². The lowest BCUT2D eigenvalue weighted by Crippen LogP contribution is -2.36. The molecule has 1 aliphatic heterocycles. The molecule has 0 bridgehead atoms. The Hall–Kier alpha value is -2.69. The van der Waals surface area contributed by atoms with Crippen LogP contribution in [0.15, 0.2) is 75.5 Å². The molecule has 12 heteroatoms. The van der Waals surface area contributed by atoms with E-state index in [0.29, 0.717) is 66.3 Å². The Bertz CT molecular complexity index is 1810. The summed E-state index contributed by atoms with van der Waals surface area (Å²) >= 11 is 24.0. The van der Waals surface area contributed by atoms with Crippen LogP contribution < -0.4 is 14.8 Å². The Morgan fingerprint density at radius 2 is 1.86 bits per heavy atom. The lowest BCUT2D eigenvalue weighted by Gasteiger charge is -2.38. The summed E-state index contributed by atoms with van der Waals surface area (Å²) in [6.07, 6.45) is 1.14. The predicted octanol–water partition coefficient (Wildman–Crippen LogP) is 9.54. The van der Waals surface area contributed by atoms with E-state index in [-0.39, 0.29) is 17.8 Å². The maximum atomic E-state index is 13.7. The fourth-order valence-corrected chi connectivity index (χ4v) is 7.69. The number of rotatable bonds is 8. The van der Waals surface area contributed by atoms with Crippen LogP contribution in [0.2, 0.25) is 15.1 Å². The van der Waals surface area contributed by atoms with Gasteiger partial charge in [0, 0.05) is 44.1 Å². The molecule has 6 rings (SSSR count). The average Bonchev–Trinajstić information content (AvgIpc) is 3.37. The Labute approximate surface area is 283 Å². The van der Waals surface area contributed by atoms with Gasteiger partial charge in [-0.25, -0.2) is 4.68 Å². The van der Waals surface area contributed by atoms with E-state index in [1.54, 1.807) is 23.9 Å². The number of hydrogen-bond acceptors (Lipinski definition) is 7. The second kappa shape index (κ2) is 12.6. The molecule has 3 aromatic carbocycles. The van der Waals surface area contributed by atoms with Crippen molar-refractivity contribution >= 4 is 74.2 Å². The third-order valence-electron chi connectivity index (χ3n) is 7.58. The van der Waals surface area contributed by atoms with Crippen molar-refractivity contribution in [2.24, 2.45) is 5.41 Å². The number of Topliss-reactive ketones (excluding diaryl/α,β-unsaturated/α-hetero) is 1. The zero-order valence-electron chi connectivity index (χ0n) is 24.1. The Kier molecular flexibility index (Phi) is 8.96. The second-order valence-electron chi connectivity index (χ2n) is 11.5. The molecule has 2 aliphatic rings. The van der Waals surface area contributed by atoms with Gasteiger partial charge in [-0.2, -0.15) is 4.98 Å². The van der Waals surface area contributed by atoms with Crippen molar-refractivity contribution in [2.75, 3.05) is 12.4 Å². The van der Waals surface area contributed by atoms with Crippen LogP contribution in [0.1, 0.15) is 49.4 Å². The van der Waals surface area contributed by atoms with E-state index in [0.717, 1.165) is 22.4 Å². The van der Waals surface area contributed by atoms with E-state index in [2.05, 4.69) is 35.1 Å². The van der Waals surface area contributed by atoms with Crippen LogP contribution >= 0.6 is 62.5 Å². The minimum absolute atomic E-state index is 0.0768. The first-order chi connectivity index (χ1) is 21.0. The predicted molar refractivity (Wildman–Crippen MR) is 179 cm³/mol. The molecule has 1 aliphatic carbocycles. The molecule has 1 N–H and O–H groups in total. The molecule has 228 valence electrons. The van der Waals surface area contributed by atoms with Crippen molar-refractivity contribution < 1.29 is 14.3 Å². The average molecular weight is 735 g/mol. The van der Waals surface area contributed by atoms with Crippen molar-refractivity contribution in [3.63, 3.8) is 0 Å². The summed E-state index contributed by atoms with van der Waals surface area (Å²) in [5.41, 5.74) is 3.95. The first-order valence-corrected chi connectivity index (χ1v) is 16.7. The van der Waals surface area contributed by atoms with Gasteiger partial charge in [0.1, 0.15) is 12.6 Å². The van der Waals surface area contributed by atoms with E-state index in [1.165, 1.54) is 11.8 Å². The van der Waals surface area contributed by atoms with Crippen LogP contribution in [0.4, 0.5) is 5.95 Å². The monoisotopic (exact) mass is 732 g/mol. The molecule has 4 aromatic rings. The number of carbonyl (C=O) groups is 1. The number of methoxy groups -OCH3 is 1. The number of benzene rings is 3. The van der Waals surface area contributed by atoms with E-state index < -0.39 is 6.04 Å². The third-order valence-corrected chi connectivity index (χ3v) is 10.0. The van der Waals surface area contributed by atoms with Crippen molar-refractivity contribution in [3.05, 3.63) is 102 Å². The molecule has 0 fully saturated rings. The maximum absolute atomic E-state index is 13.7. The molecule has 0 saturated carbocycles. The topological polar surface area (TPSA) is 78.3 Å². The summed E-state index contributed by atoms with van der Waals surface area (Å²) in [7, 11) is 1.58. The van der Waals surface area contributed by atoms with Crippen LogP contribution in [0, 0.1) is 5.41 Å². The summed E-state index contributed by atoms with van der Waals surface area (Å²) in [5.74, 6) is 2.27. The van der Waals surface area contributed by atoms with Gasteiger partial charge in [-0.1, -0.05) is 84.7 Å². The highest BCUT2D eigenvalue weighted by Crippen LogP contribution is 2.48. The summed E-state index contributed by atoms with van der Waals surface area (Å²) in [5, 5.41) is 10.7. The maximum Gasteiger partial charge on any atom is 0.227 e. The molecular formula is C32H28BrCl3N4O3S. The summed E-state index contributed by atoms with van der Waals surface area (Å²) in [6, 6.07) is 16.3. The van der Waals surface area contributed by atoms with Gasteiger partial charge in [0.25, 0.3) is 0 Å². The fraction of sp³-hybridized carbons (Fsp3) is 0.281. The Morgan fingerprint density at radius 1 is 1.07 bits per heavy atom. The zero-order valence-corrected chi connectivity index (χ0v) is 28.8. The minimum Gasteiger partial charge on any atom is -0.493 e. The van der Waals surface area contributed by atoms with Gasteiger partial charge >= 0.3 is 0 Å². The molecule has 1 aromatic heterocycles. The molecular weight excluding hydrogens is 707 g/mol. The number of allylic oxidation sites excluding steroid dienone is 2. The lowest BCUT2D eigenvalue weighted by molar-refractivity contribution is -0.118. The minimum atomic E-state index is -0.517. The highest BCUT2D eigenvalue weighted by molar-refractivity contribution is 9.10. The number of hydrogen-bond donors (Lipinski definition) is 1. The standard InChI is InChI=1S/C32H28BrCl3N4O3S/c1-32(2)13-24-27(25(41)14-32)28(40-30(37-24)38-31(39-40)44-16-18-6-4-5-7-22(18)35)19-10-21(33)29(26(11-19)42-3)43-15-17-8-9-20(34)12-23(17)36/h4-12,28H,13-16H2,1-3H3,(H,37,38,39). The quantitative estimate of drug-likeness (QED) is 0.181. The number of nitrogens with zero attached hydrogens (tertiary/aromatic N) is 3. The van der Waals surface area contributed by atoms with Gasteiger partial charge in [0.2, 0.25) is 11.1 Å². The van der Waals surface area contributed by atoms with Gasteiger partial charge in [-0.05, 0) is 69.2 Å². The van der Waals surface area contributed by atoms with Crippen molar-refractivity contribution in [1.82, 2.24) is 14.8 Å². The van der Waals surface area contributed by atoms with E-state index in [1.807, 2.05) is 42.5 Å². The highest BCUT2D eigenvalue weighted by Gasteiger charge is 2.42.